The predicted molar refractivity (Wildman–Crippen MR) is 186 cm³/mol. The molecule has 4 rings (SSSR count). The van der Waals surface area contributed by atoms with E-state index >= 15 is 0 Å². The molecule has 9 N–H and O–H groups in total. The smallest absolute Gasteiger partial charge is 0.306 e. The van der Waals surface area contributed by atoms with Crippen molar-refractivity contribution in [1.29, 1.82) is 0 Å². The van der Waals surface area contributed by atoms with E-state index in [0.29, 0.717) is 25.8 Å². The average Bonchev–Trinajstić information content (AvgIpc) is 3.39. The van der Waals surface area contributed by atoms with Gasteiger partial charge in [0.25, 0.3) is 5.91 Å². The SMILES string of the molecule is CO[C@H]1[C@@H](OC(=O)CCCCCCCCCCN)[C@H](N2C=CC(=O)NC2)O[C@@H]1[C@@H](OC1OC(C(=O)N[C@H]2CCC[C@@H](C)NC2=O)=C[C@H](O)[C@@H]1O)C(N)=O. The summed E-state index contributed by atoms with van der Waals surface area (Å²) in [6.07, 6.45) is 1.67. The van der Waals surface area contributed by atoms with Crippen molar-refractivity contribution in [2.24, 2.45) is 11.5 Å². The molecule has 0 radical (unpaired) electrons. The monoisotopic (exact) mass is 752 g/mol. The number of aliphatic hydroxyl groups excluding tert-OH is 2. The van der Waals surface area contributed by atoms with Crippen molar-refractivity contribution in [2.75, 3.05) is 20.3 Å². The third-order valence-corrected chi connectivity index (χ3v) is 9.70. The number of rotatable bonds is 19. The molecule has 18 heteroatoms. The van der Waals surface area contributed by atoms with Gasteiger partial charge in [0, 0.05) is 31.8 Å². The highest BCUT2D eigenvalue weighted by atomic mass is 16.7. The lowest BCUT2D eigenvalue weighted by Crippen LogP contribution is -2.54. The van der Waals surface area contributed by atoms with Crippen LogP contribution in [0.4, 0.5) is 0 Å². The minimum absolute atomic E-state index is 0.0254. The van der Waals surface area contributed by atoms with Crippen LogP contribution in [0, 0.1) is 0 Å². The van der Waals surface area contributed by atoms with Gasteiger partial charge in [0.05, 0.1) is 6.67 Å². The number of hydrogen-bond acceptors (Lipinski definition) is 14. The van der Waals surface area contributed by atoms with Gasteiger partial charge in [-0.2, -0.15) is 0 Å². The summed E-state index contributed by atoms with van der Waals surface area (Å²) in [5, 5.41) is 29.5. The molecule has 0 saturated carbocycles. The van der Waals surface area contributed by atoms with Gasteiger partial charge in [-0.1, -0.05) is 38.5 Å². The summed E-state index contributed by atoms with van der Waals surface area (Å²) in [5.74, 6) is -3.64. The summed E-state index contributed by atoms with van der Waals surface area (Å²) < 4.78 is 29.3. The van der Waals surface area contributed by atoms with Crippen LogP contribution in [0.1, 0.15) is 84.0 Å². The van der Waals surface area contributed by atoms with Gasteiger partial charge in [0.1, 0.15) is 30.5 Å². The number of hydrogen-bond donors (Lipinski definition) is 7. The first-order valence-corrected chi connectivity index (χ1v) is 18.5. The van der Waals surface area contributed by atoms with Crippen molar-refractivity contribution < 1.29 is 57.9 Å². The van der Waals surface area contributed by atoms with Crippen LogP contribution in [-0.2, 0) is 47.7 Å². The normalized spacial score (nSPS) is 30.7. The van der Waals surface area contributed by atoms with Crippen LogP contribution in [0.15, 0.2) is 24.1 Å². The first-order valence-electron chi connectivity index (χ1n) is 18.5. The number of nitrogens with one attached hydrogen (secondary N) is 3. The highest BCUT2D eigenvalue weighted by Gasteiger charge is 2.55. The Labute approximate surface area is 309 Å². The van der Waals surface area contributed by atoms with Gasteiger partial charge in [0.2, 0.25) is 24.0 Å². The molecular weight excluding hydrogens is 696 g/mol. The summed E-state index contributed by atoms with van der Waals surface area (Å²) in [5.41, 5.74) is 11.3. The van der Waals surface area contributed by atoms with Gasteiger partial charge in [-0.05, 0) is 51.6 Å². The fourth-order valence-electron chi connectivity index (χ4n) is 6.75. The Kier molecular flexibility index (Phi) is 16.3. The molecule has 0 aliphatic carbocycles. The molecule has 18 nitrogen and oxygen atoms in total. The number of methoxy groups -OCH3 is 1. The van der Waals surface area contributed by atoms with E-state index in [-0.39, 0.29) is 30.9 Å². The molecule has 0 spiro atoms. The molecule has 53 heavy (non-hydrogen) atoms. The third-order valence-electron chi connectivity index (χ3n) is 9.70. The molecule has 2 saturated heterocycles. The molecule has 0 bridgehead atoms. The van der Waals surface area contributed by atoms with Gasteiger partial charge in [-0.3, -0.25) is 24.0 Å². The minimum Gasteiger partial charge on any atom is -0.456 e. The Morgan fingerprint density at radius 2 is 1.75 bits per heavy atom. The van der Waals surface area contributed by atoms with Crippen LogP contribution in [0.25, 0.3) is 0 Å². The second-order valence-electron chi connectivity index (χ2n) is 13.9. The molecular formula is C35H56N6O12. The van der Waals surface area contributed by atoms with Crippen molar-refractivity contribution >= 4 is 29.6 Å². The summed E-state index contributed by atoms with van der Waals surface area (Å²) in [4.78, 5) is 65.3. The molecule has 4 heterocycles. The second-order valence-corrected chi connectivity index (χ2v) is 13.9. The Balaban J connectivity index is 1.44. The third kappa shape index (κ3) is 11.8. The zero-order valence-electron chi connectivity index (χ0n) is 30.5. The van der Waals surface area contributed by atoms with E-state index in [1.54, 1.807) is 4.90 Å². The molecule has 0 aromatic rings. The van der Waals surface area contributed by atoms with Crippen LogP contribution < -0.4 is 27.4 Å². The quantitative estimate of drug-likeness (QED) is 0.0618. The summed E-state index contributed by atoms with van der Waals surface area (Å²) in [6.45, 7) is 2.53. The van der Waals surface area contributed by atoms with Crippen LogP contribution in [-0.4, -0.2) is 126 Å². The van der Waals surface area contributed by atoms with Gasteiger partial charge < -0.3 is 66.2 Å². The van der Waals surface area contributed by atoms with Crippen molar-refractivity contribution in [3.8, 4) is 0 Å². The summed E-state index contributed by atoms with van der Waals surface area (Å²) in [7, 11) is 1.31. The van der Waals surface area contributed by atoms with Crippen LogP contribution in [0.3, 0.4) is 0 Å². The molecule has 0 aromatic carbocycles. The summed E-state index contributed by atoms with van der Waals surface area (Å²) >= 11 is 0. The number of carbonyl (C=O) groups is 5. The number of nitrogens with zero attached hydrogens (tertiary/aromatic N) is 1. The Bertz CT molecular complexity index is 1330. The van der Waals surface area contributed by atoms with Crippen molar-refractivity contribution in [3.05, 3.63) is 24.1 Å². The Morgan fingerprint density at radius 3 is 2.40 bits per heavy atom. The lowest BCUT2D eigenvalue weighted by molar-refractivity contribution is -0.241. The molecule has 2 fully saturated rings. The van der Waals surface area contributed by atoms with Crippen LogP contribution in [0.2, 0.25) is 0 Å². The molecule has 4 aliphatic rings. The number of primary amides is 1. The molecule has 10 atom stereocenters. The van der Waals surface area contributed by atoms with Crippen molar-refractivity contribution in [2.45, 2.75) is 145 Å². The molecule has 1 unspecified atom stereocenters. The van der Waals surface area contributed by atoms with E-state index in [2.05, 4.69) is 16.0 Å². The molecule has 298 valence electrons. The maximum Gasteiger partial charge on any atom is 0.306 e. The number of amides is 4. The maximum atomic E-state index is 13.2. The van der Waals surface area contributed by atoms with E-state index < -0.39 is 78.7 Å². The number of esters is 1. The lowest BCUT2D eigenvalue weighted by Gasteiger charge is -2.35. The second kappa shape index (κ2) is 20.6. The number of carbonyl (C=O) groups excluding carboxylic acids is 5. The number of unbranched alkanes of at least 4 members (excludes halogenated alkanes) is 7. The Hall–Kier alpha value is -3.81. The first kappa shape index (κ1) is 41.9. The summed E-state index contributed by atoms with van der Waals surface area (Å²) in [6, 6.07) is -0.928. The predicted octanol–water partition coefficient (Wildman–Crippen LogP) is -0.983. The van der Waals surface area contributed by atoms with Gasteiger partial charge in [-0.25, -0.2) is 0 Å². The van der Waals surface area contributed by atoms with E-state index in [1.807, 2.05) is 6.92 Å². The van der Waals surface area contributed by atoms with Crippen LogP contribution >= 0.6 is 0 Å². The zero-order chi connectivity index (χ0) is 38.5. The lowest BCUT2D eigenvalue weighted by atomic mass is 10.0. The topological polar surface area (TPSA) is 263 Å². The maximum absolute atomic E-state index is 13.2. The van der Waals surface area contributed by atoms with Crippen LogP contribution in [0.5, 0.6) is 0 Å². The first-order chi connectivity index (χ1) is 25.4. The minimum atomic E-state index is -1.81. The standard InChI is InChI=1S/C35H56N6O12/c1-20-12-11-13-21(32(47)39-20)40-33(48)23-18-22(42)26(45)35(50-23)53-29(31(37)46)28-27(49-2)30(34(52-28)41-17-15-24(43)38-19-41)51-25(44)14-9-7-5-3-4-6-8-10-16-36/h15,17-18,20-22,26-30,34-35,42,45H,3-14,16,19,36H2,1-2H3,(H2,37,46)(H,38,43)(H,39,47)(H,40,48)/t20-,21+,22+,26+,27-,28+,29-,30-,34-,35?/m1/s1. The van der Waals surface area contributed by atoms with E-state index in [0.717, 1.165) is 57.4 Å². The highest BCUT2D eigenvalue weighted by molar-refractivity contribution is 5.95. The van der Waals surface area contributed by atoms with Crippen molar-refractivity contribution in [1.82, 2.24) is 20.9 Å². The molecule has 0 aromatic heterocycles. The number of nitrogens with two attached hydrogens (primary N) is 2. The fourth-order valence-corrected chi connectivity index (χ4v) is 6.75. The van der Waals surface area contributed by atoms with E-state index in [9.17, 15) is 34.2 Å². The van der Waals surface area contributed by atoms with Gasteiger partial charge in [0.15, 0.2) is 24.2 Å². The number of ether oxygens (including phenoxy) is 5. The zero-order valence-corrected chi connectivity index (χ0v) is 30.5. The van der Waals surface area contributed by atoms with E-state index in [1.165, 1.54) is 19.4 Å². The fraction of sp³-hybridized carbons (Fsp3) is 0.743. The average molecular weight is 753 g/mol. The van der Waals surface area contributed by atoms with Gasteiger partial charge in [-0.15, -0.1) is 0 Å². The number of aliphatic hydroxyl groups is 2. The largest absolute Gasteiger partial charge is 0.456 e. The van der Waals surface area contributed by atoms with E-state index in [4.69, 9.17) is 35.2 Å². The molecule has 4 amide bonds. The van der Waals surface area contributed by atoms with Crippen molar-refractivity contribution in [3.63, 3.8) is 0 Å². The van der Waals surface area contributed by atoms with Gasteiger partial charge >= 0.3 is 5.97 Å². The Morgan fingerprint density at radius 1 is 1.06 bits per heavy atom. The highest BCUT2D eigenvalue weighted by Crippen LogP contribution is 2.34. The molecule has 4 aliphatic heterocycles.